The van der Waals surface area contributed by atoms with Gasteiger partial charge in [-0.2, -0.15) is 0 Å². The van der Waals surface area contributed by atoms with E-state index in [1.54, 1.807) is 0 Å². The normalized spacial score (nSPS) is 9.80. The maximum Gasteiger partial charge on any atom is 0.276 e. The summed E-state index contributed by atoms with van der Waals surface area (Å²) in [6.07, 6.45) is 0. The Kier molecular flexibility index (Phi) is 4.46. The van der Waals surface area contributed by atoms with Gasteiger partial charge in [-0.1, -0.05) is 30.3 Å². The van der Waals surface area contributed by atoms with Gasteiger partial charge < -0.3 is 9.58 Å². The SMILES string of the molecule is [C-]#[N+]CC(=O)c1ccc(OCc2ccccc2)cc1F. The van der Waals surface area contributed by atoms with Crippen LogP contribution in [0.2, 0.25) is 0 Å². The highest BCUT2D eigenvalue weighted by molar-refractivity contribution is 5.98. The second kappa shape index (κ2) is 6.48. The van der Waals surface area contributed by atoms with Crippen LogP contribution < -0.4 is 4.74 Å². The zero-order valence-corrected chi connectivity index (χ0v) is 10.7. The van der Waals surface area contributed by atoms with Gasteiger partial charge in [0, 0.05) is 6.07 Å². The molecule has 3 nitrogen and oxygen atoms in total. The second-order valence-electron chi connectivity index (χ2n) is 4.16. The second-order valence-corrected chi connectivity index (χ2v) is 4.16. The number of hydrogen-bond donors (Lipinski definition) is 0. The van der Waals surface area contributed by atoms with Crippen LogP contribution in [-0.2, 0) is 6.61 Å². The molecule has 0 radical (unpaired) electrons. The highest BCUT2D eigenvalue weighted by Gasteiger charge is 2.14. The lowest BCUT2D eigenvalue weighted by Gasteiger charge is -2.07. The summed E-state index contributed by atoms with van der Waals surface area (Å²) in [5.41, 5.74) is 0.897. The molecule has 0 heterocycles. The molecule has 0 fully saturated rings. The average molecular weight is 269 g/mol. The number of nitrogens with zero attached hydrogens (tertiary/aromatic N) is 1. The third-order valence-corrected chi connectivity index (χ3v) is 2.71. The molecule has 4 heteroatoms. The molecule has 100 valence electrons. The third-order valence-electron chi connectivity index (χ3n) is 2.71. The maximum atomic E-state index is 13.7. The van der Waals surface area contributed by atoms with Crippen molar-refractivity contribution in [3.63, 3.8) is 0 Å². The molecule has 0 spiro atoms. The molecule has 0 aliphatic heterocycles. The lowest BCUT2D eigenvalue weighted by atomic mass is 10.1. The first-order chi connectivity index (χ1) is 9.70. The summed E-state index contributed by atoms with van der Waals surface area (Å²) >= 11 is 0. The molecule has 0 unspecified atom stereocenters. The Labute approximate surface area is 116 Å². The van der Waals surface area contributed by atoms with Crippen LogP contribution in [0, 0.1) is 12.4 Å². The van der Waals surface area contributed by atoms with Crippen LogP contribution in [0.15, 0.2) is 48.5 Å². The number of Topliss-reactive ketones (excluding diaryl/α,β-unsaturated/α-hetero) is 1. The third kappa shape index (κ3) is 3.42. The van der Waals surface area contributed by atoms with E-state index in [2.05, 4.69) is 4.85 Å². The Balaban J connectivity index is 2.06. The zero-order valence-electron chi connectivity index (χ0n) is 10.7. The summed E-state index contributed by atoms with van der Waals surface area (Å²) in [4.78, 5) is 14.4. The van der Waals surface area contributed by atoms with E-state index in [9.17, 15) is 9.18 Å². The monoisotopic (exact) mass is 269 g/mol. The van der Waals surface area contributed by atoms with Crippen LogP contribution in [0.25, 0.3) is 4.85 Å². The van der Waals surface area contributed by atoms with Crippen LogP contribution in [0.3, 0.4) is 0 Å². The lowest BCUT2D eigenvalue weighted by molar-refractivity contribution is 0.101. The fraction of sp³-hybridized carbons (Fsp3) is 0.125. The molecule has 0 aliphatic rings. The van der Waals surface area contributed by atoms with Crippen molar-refractivity contribution in [2.45, 2.75) is 6.61 Å². The summed E-state index contributed by atoms with van der Waals surface area (Å²) in [5.74, 6) is -0.831. The predicted molar refractivity (Wildman–Crippen MR) is 73.0 cm³/mol. The number of benzene rings is 2. The van der Waals surface area contributed by atoms with E-state index >= 15 is 0 Å². The number of carbonyl (C=O) groups excluding carboxylic acids is 1. The Morgan fingerprint density at radius 3 is 2.60 bits per heavy atom. The van der Waals surface area contributed by atoms with E-state index in [0.29, 0.717) is 12.4 Å². The Hall–Kier alpha value is -2.67. The predicted octanol–water partition coefficient (Wildman–Crippen LogP) is 3.51. The van der Waals surface area contributed by atoms with Crippen LogP contribution >= 0.6 is 0 Å². The van der Waals surface area contributed by atoms with E-state index in [-0.39, 0.29) is 12.1 Å². The minimum atomic E-state index is -0.663. The standard InChI is InChI=1S/C16H12FNO2/c1-18-10-16(19)14-8-7-13(9-15(14)17)20-11-12-5-3-2-4-6-12/h2-9H,10-11H2. The molecule has 0 saturated heterocycles. The topological polar surface area (TPSA) is 30.7 Å². The highest BCUT2D eigenvalue weighted by atomic mass is 19.1. The molecule has 0 atom stereocenters. The van der Waals surface area contributed by atoms with Gasteiger partial charge in [-0.25, -0.2) is 11.0 Å². The van der Waals surface area contributed by atoms with Crippen molar-refractivity contribution in [2.75, 3.05) is 6.54 Å². The lowest BCUT2D eigenvalue weighted by Crippen LogP contribution is -2.05. The molecule has 0 aliphatic carbocycles. The first-order valence-electron chi connectivity index (χ1n) is 6.03. The fourth-order valence-electron chi connectivity index (χ4n) is 1.71. The molecule has 2 rings (SSSR count). The molecule has 0 bridgehead atoms. The molecule has 0 saturated carbocycles. The van der Waals surface area contributed by atoms with Gasteiger partial charge in [-0.05, 0) is 17.7 Å². The van der Waals surface area contributed by atoms with E-state index in [1.165, 1.54) is 18.2 Å². The number of carbonyl (C=O) groups is 1. The molecular weight excluding hydrogens is 257 g/mol. The zero-order chi connectivity index (χ0) is 14.4. The maximum absolute atomic E-state index is 13.7. The quantitative estimate of drug-likeness (QED) is 0.614. The highest BCUT2D eigenvalue weighted by Crippen LogP contribution is 2.18. The van der Waals surface area contributed by atoms with Crippen molar-refractivity contribution in [3.05, 3.63) is 76.9 Å². The van der Waals surface area contributed by atoms with Crippen molar-refractivity contribution in [1.82, 2.24) is 0 Å². The van der Waals surface area contributed by atoms with E-state index in [4.69, 9.17) is 11.3 Å². The van der Waals surface area contributed by atoms with Gasteiger partial charge >= 0.3 is 0 Å². The van der Waals surface area contributed by atoms with E-state index < -0.39 is 11.6 Å². The smallest absolute Gasteiger partial charge is 0.276 e. The minimum absolute atomic E-state index is 0.0759. The molecule has 0 amide bonds. The number of ketones is 1. The van der Waals surface area contributed by atoms with Crippen molar-refractivity contribution in [1.29, 1.82) is 0 Å². The molecule has 20 heavy (non-hydrogen) atoms. The Morgan fingerprint density at radius 1 is 1.20 bits per heavy atom. The van der Waals surface area contributed by atoms with Crippen molar-refractivity contribution in [3.8, 4) is 5.75 Å². The first kappa shape index (κ1) is 13.8. The van der Waals surface area contributed by atoms with Crippen LogP contribution in [0.5, 0.6) is 5.75 Å². The van der Waals surface area contributed by atoms with Crippen LogP contribution in [0.4, 0.5) is 4.39 Å². The van der Waals surface area contributed by atoms with Crippen LogP contribution in [-0.4, -0.2) is 12.3 Å². The molecule has 2 aromatic rings. The number of ether oxygens (including phenoxy) is 1. The average Bonchev–Trinajstić information content (AvgIpc) is 2.46. The summed E-state index contributed by atoms with van der Waals surface area (Å²) in [5, 5.41) is 0. The van der Waals surface area contributed by atoms with Gasteiger partial charge in [-0.15, -0.1) is 0 Å². The van der Waals surface area contributed by atoms with Crippen molar-refractivity contribution < 1.29 is 13.9 Å². The summed E-state index contributed by atoms with van der Waals surface area (Å²) in [6.45, 7) is 6.60. The number of rotatable bonds is 5. The first-order valence-corrected chi connectivity index (χ1v) is 6.03. The van der Waals surface area contributed by atoms with Gasteiger partial charge in [0.25, 0.3) is 6.54 Å². The minimum Gasteiger partial charge on any atom is -0.489 e. The summed E-state index contributed by atoms with van der Waals surface area (Å²) in [6, 6.07) is 13.6. The van der Waals surface area contributed by atoms with Gasteiger partial charge in [0.05, 0.1) is 5.56 Å². The molecule has 0 N–H and O–H groups in total. The molecular formula is C16H12FNO2. The number of halogens is 1. The van der Waals surface area contributed by atoms with Crippen molar-refractivity contribution in [2.24, 2.45) is 0 Å². The van der Waals surface area contributed by atoms with Gasteiger partial charge in [0.15, 0.2) is 0 Å². The largest absolute Gasteiger partial charge is 0.489 e. The van der Waals surface area contributed by atoms with Gasteiger partial charge in [0.2, 0.25) is 5.78 Å². The van der Waals surface area contributed by atoms with Gasteiger partial charge in [0.1, 0.15) is 18.2 Å². The number of hydrogen-bond acceptors (Lipinski definition) is 2. The molecule has 0 aromatic heterocycles. The van der Waals surface area contributed by atoms with E-state index in [0.717, 1.165) is 5.56 Å². The summed E-state index contributed by atoms with van der Waals surface area (Å²) < 4.78 is 19.2. The molecule has 2 aromatic carbocycles. The van der Waals surface area contributed by atoms with E-state index in [1.807, 2.05) is 30.3 Å². The van der Waals surface area contributed by atoms with Crippen molar-refractivity contribution >= 4 is 5.78 Å². The summed E-state index contributed by atoms with van der Waals surface area (Å²) in [7, 11) is 0. The van der Waals surface area contributed by atoms with Gasteiger partial charge in [-0.3, -0.25) is 4.79 Å². The van der Waals surface area contributed by atoms with Crippen LogP contribution in [0.1, 0.15) is 15.9 Å². The Bertz CT molecular complexity index is 647. The fourth-order valence-corrected chi connectivity index (χ4v) is 1.71. The Morgan fingerprint density at radius 2 is 1.95 bits per heavy atom.